The number of rotatable bonds is 7. The molecule has 1 aliphatic heterocycles. The largest absolute Gasteiger partial charge is 0.352 e. The van der Waals surface area contributed by atoms with Crippen molar-refractivity contribution in [1.82, 2.24) is 9.62 Å². The van der Waals surface area contributed by atoms with Crippen LogP contribution in [0.2, 0.25) is 0 Å². The van der Waals surface area contributed by atoms with Crippen LogP contribution in [0.3, 0.4) is 0 Å². The van der Waals surface area contributed by atoms with Crippen molar-refractivity contribution in [2.24, 2.45) is 5.41 Å². The molecule has 0 spiro atoms. The number of aryl methyl sites for hydroxylation is 1. The molecule has 1 N–H and O–H groups in total. The normalized spacial score (nSPS) is 20.3. The molecule has 156 valence electrons. The standard InChI is InChI=1S/C23H30N2O3S/c1-3-8-19-11-13-21(14-12-19)29(27,28)25-16-7-15-23(2,18-25)22(26)24-17-20-9-5-4-6-10-20/h4-6,9-14H,3,7-8,15-18H2,1-2H3,(H,24,26)/t23-/m1/s1. The Morgan fingerprint density at radius 3 is 2.41 bits per heavy atom. The van der Waals surface area contributed by atoms with Gasteiger partial charge in [0.05, 0.1) is 10.3 Å². The summed E-state index contributed by atoms with van der Waals surface area (Å²) in [5.41, 5.74) is 1.43. The number of carbonyl (C=O) groups excluding carboxylic acids is 1. The van der Waals surface area contributed by atoms with Gasteiger partial charge in [0, 0.05) is 19.6 Å². The van der Waals surface area contributed by atoms with Crippen molar-refractivity contribution in [2.45, 2.75) is 51.0 Å². The summed E-state index contributed by atoms with van der Waals surface area (Å²) in [6.07, 6.45) is 3.30. The minimum atomic E-state index is -3.61. The molecule has 0 aliphatic carbocycles. The molecule has 2 aromatic rings. The first-order valence-electron chi connectivity index (χ1n) is 10.3. The average molecular weight is 415 g/mol. The van der Waals surface area contributed by atoms with Crippen LogP contribution in [-0.4, -0.2) is 31.7 Å². The molecular weight excluding hydrogens is 384 g/mol. The quantitative estimate of drug-likeness (QED) is 0.750. The smallest absolute Gasteiger partial charge is 0.243 e. The van der Waals surface area contributed by atoms with Gasteiger partial charge in [-0.15, -0.1) is 0 Å². The third kappa shape index (κ3) is 5.06. The van der Waals surface area contributed by atoms with Crippen molar-refractivity contribution in [2.75, 3.05) is 13.1 Å². The van der Waals surface area contributed by atoms with E-state index in [0.29, 0.717) is 30.8 Å². The van der Waals surface area contributed by atoms with E-state index in [2.05, 4.69) is 12.2 Å². The van der Waals surface area contributed by atoms with Crippen LogP contribution in [0.15, 0.2) is 59.5 Å². The lowest BCUT2D eigenvalue weighted by atomic mass is 9.82. The Balaban J connectivity index is 1.70. The molecule has 29 heavy (non-hydrogen) atoms. The lowest BCUT2D eigenvalue weighted by Gasteiger charge is -2.38. The molecular formula is C23H30N2O3S. The zero-order valence-electron chi connectivity index (χ0n) is 17.2. The molecule has 1 fully saturated rings. The van der Waals surface area contributed by atoms with Crippen LogP contribution in [0.25, 0.3) is 0 Å². The van der Waals surface area contributed by atoms with E-state index in [1.165, 1.54) is 4.31 Å². The number of nitrogens with one attached hydrogen (secondary N) is 1. The highest BCUT2D eigenvalue weighted by Crippen LogP contribution is 2.33. The van der Waals surface area contributed by atoms with Gasteiger partial charge in [0.1, 0.15) is 0 Å². The van der Waals surface area contributed by atoms with Crippen LogP contribution in [-0.2, 0) is 27.8 Å². The molecule has 1 amide bonds. The molecule has 0 aromatic heterocycles. The molecule has 1 aliphatic rings. The number of nitrogens with zero attached hydrogens (tertiary/aromatic N) is 1. The summed E-state index contributed by atoms with van der Waals surface area (Å²) in [6.45, 7) is 5.05. The molecule has 0 bridgehead atoms. The number of hydrogen-bond acceptors (Lipinski definition) is 3. The Labute approximate surface area is 174 Å². The van der Waals surface area contributed by atoms with Gasteiger partial charge < -0.3 is 5.32 Å². The highest BCUT2D eigenvalue weighted by atomic mass is 32.2. The van der Waals surface area contributed by atoms with E-state index < -0.39 is 15.4 Å². The summed E-state index contributed by atoms with van der Waals surface area (Å²) in [5, 5.41) is 2.98. The van der Waals surface area contributed by atoms with Crippen LogP contribution in [0.4, 0.5) is 0 Å². The first-order chi connectivity index (χ1) is 13.8. The number of benzene rings is 2. The van der Waals surface area contributed by atoms with Crippen molar-refractivity contribution < 1.29 is 13.2 Å². The Bertz CT molecular complexity index is 926. The number of piperidine rings is 1. The molecule has 1 saturated heterocycles. The average Bonchev–Trinajstić information content (AvgIpc) is 2.73. The van der Waals surface area contributed by atoms with Gasteiger partial charge in [0.25, 0.3) is 0 Å². The number of amides is 1. The predicted octanol–water partition coefficient (Wildman–Crippen LogP) is 3.75. The van der Waals surface area contributed by atoms with Gasteiger partial charge in [0.2, 0.25) is 15.9 Å². The lowest BCUT2D eigenvalue weighted by molar-refractivity contribution is -0.132. The van der Waals surface area contributed by atoms with E-state index >= 15 is 0 Å². The van der Waals surface area contributed by atoms with Crippen LogP contribution >= 0.6 is 0 Å². The number of carbonyl (C=O) groups is 1. The second-order valence-corrected chi connectivity index (χ2v) is 10.0. The van der Waals surface area contributed by atoms with Crippen molar-refractivity contribution in [3.8, 4) is 0 Å². The van der Waals surface area contributed by atoms with Crippen LogP contribution in [0.1, 0.15) is 44.2 Å². The van der Waals surface area contributed by atoms with Gasteiger partial charge >= 0.3 is 0 Å². The van der Waals surface area contributed by atoms with E-state index in [1.807, 2.05) is 49.4 Å². The number of hydrogen-bond donors (Lipinski definition) is 1. The summed E-state index contributed by atoms with van der Waals surface area (Å²) in [4.78, 5) is 13.2. The Hall–Kier alpha value is -2.18. The highest BCUT2D eigenvalue weighted by molar-refractivity contribution is 7.89. The van der Waals surface area contributed by atoms with Gasteiger partial charge in [-0.25, -0.2) is 8.42 Å². The van der Waals surface area contributed by atoms with Gasteiger partial charge in [-0.05, 0) is 49.4 Å². The van der Waals surface area contributed by atoms with Crippen LogP contribution in [0, 0.1) is 5.41 Å². The van der Waals surface area contributed by atoms with E-state index in [1.54, 1.807) is 12.1 Å². The fraction of sp³-hybridized carbons (Fsp3) is 0.435. The van der Waals surface area contributed by atoms with Gasteiger partial charge in [-0.2, -0.15) is 4.31 Å². The van der Waals surface area contributed by atoms with Crippen LogP contribution < -0.4 is 5.32 Å². The van der Waals surface area contributed by atoms with Gasteiger partial charge in [0.15, 0.2) is 0 Å². The third-order valence-electron chi connectivity index (χ3n) is 5.61. The van der Waals surface area contributed by atoms with Crippen molar-refractivity contribution >= 4 is 15.9 Å². The van der Waals surface area contributed by atoms with Crippen molar-refractivity contribution in [1.29, 1.82) is 0 Å². The highest BCUT2D eigenvalue weighted by Gasteiger charge is 2.41. The maximum absolute atomic E-state index is 13.1. The van der Waals surface area contributed by atoms with E-state index in [-0.39, 0.29) is 12.5 Å². The van der Waals surface area contributed by atoms with Crippen molar-refractivity contribution in [3.63, 3.8) is 0 Å². The fourth-order valence-electron chi connectivity index (χ4n) is 3.84. The van der Waals surface area contributed by atoms with Crippen LogP contribution in [0.5, 0.6) is 0 Å². The Morgan fingerprint density at radius 1 is 1.07 bits per heavy atom. The molecule has 5 nitrogen and oxygen atoms in total. The van der Waals surface area contributed by atoms with E-state index in [4.69, 9.17) is 0 Å². The second kappa shape index (κ2) is 9.09. The fourth-order valence-corrected chi connectivity index (χ4v) is 5.44. The zero-order valence-corrected chi connectivity index (χ0v) is 18.0. The molecule has 0 radical (unpaired) electrons. The summed E-state index contributed by atoms with van der Waals surface area (Å²) >= 11 is 0. The first kappa shape index (κ1) is 21.5. The molecule has 2 aromatic carbocycles. The monoisotopic (exact) mass is 414 g/mol. The molecule has 1 atom stereocenters. The Kier molecular flexibility index (Phi) is 6.75. The molecule has 0 unspecified atom stereocenters. The summed E-state index contributed by atoms with van der Waals surface area (Å²) in [7, 11) is -3.61. The lowest BCUT2D eigenvalue weighted by Crippen LogP contribution is -2.51. The second-order valence-electron chi connectivity index (χ2n) is 8.07. The molecule has 6 heteroatoms. The third-order valence-corrected chi connectivity index (χ3v) is 7.46. The number of sulfonamides is 1. The summed E-state index contributed by atoms with van der Waals surface area (Å²) < 4.78 is 27.7. The van der Waals surface area contributed by atoms with Gasteiger partial charge in [-0.1, -0.05) is 55.8 Å². The topological polar surface area (TPSA) is 66.5 Å². The summed E-state index contributed by atoms with van der Waals surface area (Å²) in [5.74, 6) is -0.0976. The maximum Gasteiger partial charge on any atom is 0.243 e. The van der Waals surface area contributed by atoms with Crippen molar-refractivity contribution in [3.05, 3.63) is 65.7 Å². The summed E-state index contributed by atoms with van der Waals surface area (Å²) in [6, 6.07) is 16.9. The van der Waals surface area contributed by atoms with E-state index in [9.17, 15) is 13.2 Å². The van der Waals surface area contributed by atoms with Gasteiger partial charge in [-0.3, -0.25) is 4.79 Å². The first-order valence-corrected chi connectivity index (χ1v) is 11.7. The SMILES string of the molecule is CCCc1ccc(S(=O)(=O)N2CCC[C@@](C)(C(=O)NCc3ccccc3)C2)cc1. The molecule has 0 saturated carbocycles. The minimum absolute atomic E-state index is 0.0976. The molecule has 3 rings (SSSR count). The maximum atomic E-state index is 13.1. The zero-order chi connectivity index (χ0) is 20.9. The minimum Gasteiger partial charge on any atom is -0.352 e. The van der Waals surface area contributed by atoms with E-state index in [0.717, 1.165) is 24.0 Å². The molecule has 1 heterocycles. The Morgan fingerprint density at radius 2 is 1.76 bits per heavy atom. The predicted molar refractivity (Wildman–Crippen MR) is 115 cm³/mol.